The number of ether oxygens (including phenoxy) is 1. The summed E-state index contributed by atoms with van der Waals surface area (Å²) in [5.74, 6) is -0.927. The van der Waals surface area contributed by atoms with Crippen molar-refractivity contribution >= 4 is 5.97 Å². The highest BCUT2D eigenvalue weighted by Gasteiger charge is 2.43. The first kappa shape index (κ1) is 12.8. The molecular formula is C13H16FNO3. The highest BCUT2D eigenvalue weighted by Crippen LogP contribution is 2.31. The Bertz CT molecular complexity index is 477. The van der Waals surface area contributed by atoms with Gasteiger partial charge in [0, 0.05) is 12.5 Å². The number of carboxylic acid groups (broad SMARTS) is 1. The monoisotopic (exact) mass is 253 g/mol. The number of carboxylic acids is 1. The molecule has 2 rings (SSSR count). The Morgan fingerprint density at radius 2 is 2.33 bits per heavy atom. The van der Waals surface area contributed by atoms with Crippen LogP contribution in [0.5, 0.6) is 5.75 Å². The summed E-state index contributed by atoms with van der Waals surface area (Å²) < 4.78 is 18.9. The number of halogens is 1. The third-order valence-corrected chi connectivity index (χ3v) is 3.38. The van der Waals surface area contributed by atoms with Crippen LogP contribution in [0.4, 0.5) is 4.39 Å². The van der Waals surface area contributed by atoms with Crippen molar-refractivity contribution in [2.24, 2.45) is 5.73 Å². The molecule has 0 amide bonds. The topological polar surface area (TPSA) is 72.5 Å². The van der Waals surface area contributed by atoms with Crippen LogP contribution in [0.25, 0.3) is 0 Å². The lowest BCUT2D eigenvalue weighted by Gasteiger charge is -2.18. The average molecular weight is 253 g/mol. The fourth-order valence-electron chi connectivity index (χ4n) is 2.16. The highest BCUT2D eigenvalue weighted by molar-refractivity contribution is 5.79. The summed E-state index contributed by atoms with van der Waals surface area (Å²) in [7, 11) is 0. The summed E-state index contributed by atoms with van der Waals surface area (Å²) in [6.07, 6.45) is 0.922. The Morgan fingerprint density at radius 1 is 1.61 bits per heavy atom. The van der Waals surface area contributed by atoms with Gasteiger partial charge < -0.3 is 15.6 Å². The van der Waals surface area contributed by atoms with E-state index in [1.165, 1.54) is 6.07 Å². The third kappa shape index (κ3) is 2.46. The third-order valence-electron chi connectivity index (χ3n) is 3.38. The Hall–Kier alpha value is -1.62. The molecule has 2 unspecified atom stereocenters. The van der Waals surface area contributed by atoms with Crippen LogP contribution in [-0.2, 0) is 4.79 Å². The molecule has 0 aliphatic heterocycles. The predicted molar refractivity (Wildman–Crippen MR) is 64.0 cm³/mol. The van der Waals surface area contributed by atoms with E-state index in [1.807, 2.05) is 0 Å². The van der Waals surface area contributed by atoms with E-state index in [-0.39, 0.29) is 18.3 Å². The zero-order valence-corrected chi connectivity index (χ0v) is 10.1. The van der Waals surface area contributed by atoms with Crippen molar-refractivity contribution in [2.45, 2.75) is 37.8 Å². The van der Waals surface area contributed by atoms with Crippen molar-refractivity contribution in [2.75, 3.05) is 0 Å². The Balaban J connectivity index is 2.03. The van der Waals surface area contributed by atoms with Crippen LogP contribution in [0.2, 0.25) is 0 Å². The van der Waals surface area contributed by atoms with Crippen LogP contribution in [0.1, 0.15) is 24.8 Å². The van der Waals surface area contributed by atoms with Gasteiger partial charge >= 0.3 is 5.97 Å². The predicted octanol–water partition coefficient (Wildman–Crippen LogP) is 1.85. The first-order valence-electron chi connectivity index (χ1n) is 5.86. The van der Waals surface area contributed by atoms with E-state index < -0.39 is 11.5 Å². The molecule has 1 aliphatic carbocycles. The molecule has 0 saturated heterocycles. The van der Waals surface area contributed by atoms with Gasteiger partial charge in [-0.25, -0.2) is 4.39 Å². The number of hydrogen-bond donors (Lipinski definition) is 2. The van der Waals surface area contributed by atoms with E-state index >= 15 is 0 Å². The summed E-state index contributed by atoms with van der Waals surface area (Å²) in [4.78, 5) is 11.0. The summed E-state index contributed by atoms with van der Waals surface area (Å²) in [5.41, 5.74) is 5.08. The fraction of sp³-hybridized carbons (Fsp3) is 0.462. The largest absolute Gasteiger partial charge is 0.490 e. The van der Waals surface area contributed by atoms with Gasteiger partial charge in [-0.2, -0.15) is 0 Å². The normalized spacial score (nSPS) is 27.2. The number of aliphatic carboxylic acids is 1. The second-order valence-corrected chi connectivity index (χ2v) is 4.85. The van der Waals surface area contributed by atoms with Gasteiger partial charge in [0.05, 0.1) is 0 Å². The molecule has 0 bridgehead atoms. The number of hydrogen-bond acceptors (Lipinski definition) is 3. The molecule has 2 atom stereocenters. The summed E-state index contributed by atoms with van der Waals surface area (Å²) in [5, 5.41) is 9.00. The van der Waals surface area contributed by atoms with Crippen molar-refractivity contribution in [1.82, 2.24) is 0 Å². The van der Waals surface area contributed by atoms with Gasteiger partial charge in [0.15, 0.2) is 0 Å². The maximum atomic E-state index is 13.3. The van der Waals surface area contributed by atoms with Crippen molar-refractivity contribution in [3.05, 3.63) is 29.6 Å². The van der Waals surface area contributed by atoms with Crippen molar-refractivity contribution in [3.63, 3.8) is 0 Å². The van der Waals surface area contributed by atoms with Gasteiger partial charge in [0.2, 0.25) is 0 Å². The molecule has 5 heteroatoms. The molecular weight excluding hydrogens is 237 g/mol. The van der Waals surface area contributed by atoms with E-state index in [9.17, 15) is 9.18 Å². The van der Waals surface area contributed by atoms with Crippen LogP contribution in [0, 0.1) is 12.7 Å². The first-order valence-corrected chi connectivity index (χ1v) is 5.86. The molecule has 3 N–H and O–H groups in total. The number of carbonyl (C=O) groups is 1. The second kappa shape index (κ2) is 4.57. The van der Waals surface area contributed by atoms with Crippen LogP contribution in [0.15, 0.2) is 18.2 Å². The maximum Gasteiger partial charge on any atom is 0.323 e. The molecule has 0 spiro atoms. The molecule has 1 fully saturated rings. The minimum Gasteiger partial charge on any atom is -0.490 e. The number of benzene rings is 1. The smallest absolute Gasteiger partial charge is 0.323 e. The molecule has 4 nitrogen and oxygen atoms in total. The standard InChI is InChI=1S/C13H16FNO3/c1-8-2-3-9(6-11(8)14)18-10-4-5-13(15,7-10)12(16)17/h2-3,6,10H,4-5,7,15H2,1H3,(H,16,17). The number of rotatable bonds is 3. The number of aryl methyl sites for hydroxylation is 1. The molecule has 0 radical (unpaired) electrons. The molecule has 1 aromatic carbocycles. The lowest BCUT2D eigenvalue weighted by Crippen LogP contribution is -2.46. The van der Waals surface area contributed by atoms with Gasteiger partial charge in [-0.3, -0.25) is 4.79 Å². The van der Waals surface area contributed by atoms with Crippen LogP contribution in [-0.4, -0.2) is 22.7 Å². The quantitative estimate of drug-likeness (QED) is 0.862. The minimum absolute atomic E-state index is 0.248. The van der Waals surface area contributed by atoms with Gasteiger partial charge in [-0.1, -0.05) is 6.07 Å². The first-order chi connectivity index (χ1) is 8.40. The molecule has 98 valence electrons. The lowest BCUT2D eigenvalue weighted by atomic mass is 10.00. The van der Waals surface area contributed by atoms with E-state index in [4.69, 9.17) is 15.6 Å². The van der Waals surface area contributed by atoms with Crippen molar-refractivity contribution < 1.29 is 19.0 Å². The molecule has 18 heavy (non-hydrogen) atoms. The Labute approximate surface area is 105 Å². The van der Waals surface area contributed by atoms with Gasteiger partial charge in [0.1, 0.15) is 23.2 Å². The molecule has 1 aromatic rings. The van der Waals surface area contributed by atoms with E-state index in [1.54, 1.807) is 19.1 Å². The molecule has 1 aliphatic rings. The maximum absolute atomic E-state index is 13.3. The van der Waals surface area contributed by atoms with Gasteiger partial charge in [-0.05, 0) is 31.4 Å². The van der Waals surface area contributed by atoms with Gasteiger partial charge in [-0.15, -0.1) is 0 Å². The van der Waals surface area contributed by atoms with Crippen LogP contribution in [0.3, 0.4) is 0 Å². The van der Waals surface area contributed by atoms with Crippen molar-refractivity contribution in [3.8, 4) is 5.75 Å². The second-order valence-electron chi connectivity index (χ2n) is 4.85. The van der Waals surface area contributed by atoms with Crippen LogP contribution < -0.4 is 10.5 Å². The van der Waals surface area contributed by atoms with Crippen molar-refractivity contribution in [1.29, 1.82) is 0 Å². The minimum atomic E-state index is -1.21. The average Bonchev–Trinajstić information content (AvgIpc) is 2.67. The van der Waals surface area contributed by atoms with E-state index in [2.05, 4.69) is 0 Å². The Morgan fingerprint density at radius 3 is 2.89 bits per heavy atom. The Kier molecular flexibility index (Phi) is 3.26. The summed E-state index contributed by atoms with van der Waals surface area (Å²) in [6, 6.07) is 4.62. The number of nitrogens with two attached hydrogens (primary N) is 1. The fourth-order valence-corrected chi connectivity index (χ4v) is 2.16. The lowest BCUT2D eigenvalue weighted by molar-refractivity contribution is -0.143. The summed E-state index contributed by atoms with van der Waals surface area (Å²) >= 11 is 0. The molecule has 0 aromatic heterocycles. The van der Waals surface area contributed by atoms with E-state index in [0.717, 1.165) is 0 Å². The SMILES string of the molecule is Cc1ccc(OC2CCC(N)(C(=O)O)C2)cc1F. The zero-order chi connectivity index (χ0) is 13.3. The van der Waals surface area contributed by atoms with Gasteiger partial charge in [0.25, 0.3) is 0 Å². The van der Waals surface area contributed by atoms with Crippen LogP contribution >= 0.6 is 0 Å². The summed E-state index contributed by atoms with van der Waals surface area (Å²) in [6.45, 7) is 1.67. The molecule has 0 heterocycles. The highest BCUT2D eigenvalue weighted by atomic mass is 19.1. The zero-order valence-electron chi connectivity index (χ0n) is 10.1. The molecule has 1 saturated carbocycles. The van der Waals surface area contributed by atoms with E-state index in [0.29, 0.717) is 24.2 Å².